The van der Waals surface area contributed by atoms with E-state index in [0.29, 0.717) is 35.3 Å². The largest absolute Gasteiger partial charge is 0.484 e. The molecule has 1 aromatic heterocycles. The number of ether oxygens (including phenoxy) is 1. The summed E-state index contributed by atoms with van der Waals surface area (Å²) in [6.45, 7) is 0.217. The number of benzene rings is 2. The summed E-state index contributed by atoms with van der Waals surface area (Å²) in [5, 5.41) is 7.36. The number of hydrazone groups is 1. The van der Waals surface area contributed by atoms with E-state index in [-0.39, 0.29) is 18.4 Å². The molecule has 0 bridgehead atoms. The number of carbonyl (C=O) groups excluding carboxylic acids is 2. The lowest BCUT2D eigenvalue weighted by molar-refractivity contribution is -0.123. The van der Waals surface area contributed by atoms with Crippen LogP contribution in [0.1, 0.15) is 17.7 Å². The van der Waals surface area contributed by atoms with Gasteiger partial charge < -0.3 is 14.5 Å². The van der Waals surface area contributed by atoms with E-state index in [1.807, 2.05) is 24.3 Å². The van der Waals surface area contributed by atoms with Gasteiger partial charge in [0.2, 0.25) is 5.91 Å². The van der Waals surface area contributed by atoms with Gasteiger partial charge in [-0.25, -0.2) is 5.43 Å². The van der Waals surface area contributed by atoms with Gasteiger partial charge in [-0.1, -0.05) is 11.6 Å². The molecule has 2 aromatic carbocycles. The number of halogens is 1. The minimum Gasteiger partial charge on any atom is -0.484 e. The summed E-state index contributed by atoms with van der Waals surface area (Å²) in [6.07, 6.45) is 3.44. The molecule has 3 rings (SSSR count). The average molecular weight is 472 g/mol. The summed E-state index contributed by atoms with van der Waals surface area (Å²) >= 11 is 7.43. The van der Waals surface area contributed by atoms with Gasteiger partial charge in [-0.05, 0) is 66.2 Å². The van der Waals surface area contributed by atoms with E-state index in [2.05, 4.69) is 15.8 Å². The fraction of sp³-hybridized carbons (Fsp3) is 0.174. The van der Waals surface area contributed by atoms with Crippen molar-refractivity contribution in [2.75, 3.05) is 12.4 Å². The molecule has 0 spiro atoms. The molecular formula is C23H22ClN3O4S. The molecule has 2 amide bonds. The van der Waals surface area contributed by atoms with Crippen molar-refractivity contribution in [2.24, 2.45) is 5.10 Å². The Kier molecular flexibility index (Phi) is 9.21. The highest BCUT2D eigenvalue weighted by Crippen LogP contribution is 2.20. The van der Waals surface area contributed by atoms with Crippen LogP contribution < -0.4 is 15.5 Å². The molecule has 0 aliphatic heterocycles. The van der Waals surface area contributed by atoms with E-state index in [0.717, 1.165) is 10.5 Å². The van der Waals surface area contributed by atoms with Gasteiger partial charge in [-0.2, -0.15) is 5.10 Å². The molecule has 3 aromatic rings. The Hall–Kier alpha value is -3.23. The number of hydrogen-bond acceptors (Lipinski definition) is 6. The van der Waals surface area contributed by atoms with Crippen LogP contribution in [-0.4, -0.2) is 30.4 Å². The van der Waals surface area contributed by atoms with Crippen LogP contribution in [0.5, 0.6) is 5.75 Å². The van der Waals surface area contributed by atoms with Crippen LogP contribution in [0.4, 0.5) is 0 Å². The number of nitrogens with zero attached hydrogens (tertiary/aromatic N) is 1. The fourth-order valence-electron chi connectivity index (χ4n) is 2.48. The molecule has 7 nitrogen and oxygen atoms in total. The van der Waals surface area contributed by atoms with Crippen molar-refractivity contribution < 1.29 is 18.7 Å². The highest BCUT2D eigenvalue weighted by molar-refractivity contribution is 7.99. The molecular weight excluding hydrogens is 450 g/mol. The topological polar surface area (TPSA) is 92.9 Å². The van der Waals surface area contributed by atoms with Crippen molar-refractivity contribution in [1.82, 2.24) is 10.7 Å². The van der Waals surface area contributed by atoms with Gasteiger partial charge in [0.25, 0.3) is 5.91 Å². The maximum atomic E-state index is 11.9. The lowest BCUT2D eigenvalue weighted by atomic mass is 10.2. The molecule has 0 fully saturated rings. The third-order valence-electron chi connectivity index (χ3n) is 4.10. The number of hydrogen-bond donors (Lipinski definition) is 2. The number of furan rings is 1. The predicted molar refractivity (Wildman–Crippen MR) is 125 cm³/mol. The van der Waals surface area contributed by atoms with Crippen LogP contribution in [0, 0.1) is 0 Å². The SMILES string of the molecule is O=C(COc1ccc(/C=N\NC(=O)CCSc2ccc(Cl)cc2)cc1)NCc1ccco1. The van der Waals surface area contributed by atoms with Gasteiger partial charge in [-0.15, -0.1) is 11.8 Å². The van der Waals surface area contributed by atoms with Gasteiger partial charge in [0.1, 0.15) is 11.5 Å². The maximum Gasteiger partial charge on any atom is 0.258 e. The molecule has 0 atom stereocenters. The first-order valence-electron chi connectivity index (χ1n) is 9.81. The zero-order valence-electron chi connectivity index (χ0n) is 17.1. The van der Waals surface area contributed by atoms with E-state index in [1.54, 1.807) is 60.6 Å². The van der Waals surface area contributed by atoms with Crippen molar-refractivity contribution in [3.63, 3.8) is 0 Å². The molecule has 9 heteroatoms. The minimum absolute atomic E-state index is 0.0990. The quantitative estimate of drug-likeness (QED) is 0.247. The van der Waals surface area contributed by atoms with Crippen molar-refractivity contribution in [1.29, 1.82) is 0 Å². The first-order valence-corrected chi connectivity index (χ1v) is 11.2. The van der Waals surface area contributed by atoms with Crippen LogP contribution >= 0.6 is 23.4 Å². The molecule has 0 saturated carbocycles. The Balaban J connectivity index is 1.32. The van der Waals surface area contributed by atoms with Crippen LogP contribution in [0.25, 0.3) is 0 Å². The molecule has 0 saturated heterocycles. The van der Waals surface area contributed by atoms with Crippen LogP contribution in [-0.2, 0) is 16.1 Å². The summed E-state index contributed by atoms with van der Waals surface area (Å²) < 4.78 is 10.6. The van der Waals surface area contributed by atoms with Gasteiger partial charge in [0.05, 0.1) is 19.0 Å². The monoisotopic (exact) mass is 471 g/mol. The fourth-order valence-corrected chi connectivity index (χ4v) is 3.45. The lowest BCUT2D eigenvalue weighted by Crippen LogP contribution is -2.28. The highest BCUT2D eigenvalue weighted by Gasteiger charge is 2.04. The zero-order valence-corrected chi connectivity index (χ0v) is 18.7. The van der Waals surface area contributed by atoms with Crippen LogP contribution in [0.15, 0.2) is 81.3 Å². The second kappa shape index (κ2) is 12.6. The standard InChI is InChI=1S/C23H22ClN3O4S/c24-18-5-9-21(10-6-18)32-13-11-22(28)27-26-14-17-3-7-19(8-4-17)31-16-23(29)25-15-20-2-1-12-30-20/h1-10,12,14H,11,13,15-16H2,(H,25,29)(H,27,28)/b26-14-. The normalized spacial score (nSPS) is 10.8. The summed E-state index contributed by atoms with van der Waals surface area (Å²) in [5.41, 5.74) is 3.30. The summed E-state index contributed by atoms with van der Waals surface area (Å²) in [7, 11) is 0. The van der Waals surface area contributed by atoms with Gasteiger partial charge >= 0.3 is 0 Å². The van der Waals surface area contributed by atoms with E-state index in [1.165, 1.54) is 0 Å². The Morgan fingerprint density at radius 1 is 1.06 bits per heavy atom. The van der Waals surface area contributed by atoms with E-state index in [9.17, 15) is 9.59 Å². The van der Waals surface area contributed by atoms with Crippen molar-refractivity contribution in [3.05, 3.63) is 83.3 Å². The van der Waals surface area contributed by atoms with Crippen molar-refractivity contribution in [2.45, 2.75) is 17.9 Å². The Labute approximate surface area is 195 Å². The second-order valence-electron chi connectivity index (χ2n) is 6.56. The molecule has 1 heterocycles. The second-order valence-corrected chi connectivity index (χ2v) is 8.16. The zero-order chi connectivity index (χ0) is 22.6. The first kappa shape index (κ1) is 23.4. The third-order valence-corrected chi connectivity index (χ3v) is 5.37. The average Bonchev–Trinajstić information content (AvgIpc) is 3.32. The summed E-state index contributed by atoms with van der Waals surface area (Å²) in [4.78, 5) is 24.8. The van der Waals surface area contributed by atoms with Crippen LogP contribution in [0.2, 0.25) is 5.02 Å². The predicted octanol–water partition coefficient (Wildman–Crippen LogP) is 4.26. The van der Waals surface area contributed by atoms with Gasteiger partial charge in [-0.3, -0.25) is 9.59 Å². The van der Waals surface area contributed by atoms with E-state index >= 15 is 0 Å². The molecule has 166 valence electrons. The minimum atomic E-state index is -0.246. The number of thioether (sulfide) groups is 1. The number of amides is 2. The number of nitrogens with one attached hydrogen (secondary N) is 2. The highest BCUT2D eigenvalue weighted by atomic mass is 35.5. The third kappa shape index (κ3) is 8.49. The maximum absolute atomic E-state index is 11.9. The molecule has 0 unspecified atom stereocenters. The Morgan fingerprint density at radius 2 is 1.84 bits per heavy atom. The van der Waals surface area contributed by atoms with Crippen LogP contribution in [0.3, 0.4) is 0 Å². The molecule has 0 aliphatic rings. The molecule has 2 N–H and O–H groups in total. The number of rotatable bonds is 11. The number of carbonyl (C=O) groups is 2. The van der Waals surface area contributed by atoms with E-state index in [4.69, 9.17) is 20.8 Å². The van der Waals surface area contributed by atoms with Gasteiger partial charge in [0.15, 0.2) is 6.61 Å². The molecule has 0 radical (unpaired) electrons. The first-order chi connectivity index (χ1) is 15.6. The Bertz CT molecular complexity index is 1020. The summed E-state index contributed by atoms with van der Waals surface area (Å²) in [6, 6.07) is 18.0. The lowest BCUT2D eigenvalue weighted by Gasteiger charge is -2.06. The Morgan fingerprint density at radius 3 is 2.56 bits per heavy atom. The molecule has 32 heavy (non-hydrogen) atoms. The molecule has 0 aliphatic carbocycles. The van der Waals surface area contributed by atoms with Crippen molar-refractivity contribution >= 4 is 41.4 Å². The van der Waals surface area contributed by atoms with Gasteiger partial charge in [0, 0.05) is 22.1 Å². The van der Waals surface area contributed by atoms with Crippen molar-refractivity contribution in [3.8, 4) is 5.75 Å². The smallest absolute Gasteiger partial charge is 0.258 e. The van der Waals surface area contributed by atoms with E-state index < -0.39 is 0 Å². The summed E-state index contributed by atoms with van der Waals surface area (Å²) in [5.74, 6) is 1.46.